The number of benzene rings is 1. The molecule has 1 atom stereocenters. The van der Waals surface area contributed by atoms with Crippen molar-refractivity contribution in [3.63, 3.8) is 0 Å². The van der Waals surface area contributed by atoms with E-state index in [1.54, 1.807) is 18.2 Å². The number of aromatic nitrogens is 1. The summed E-state index contributed by atoms with van der Waals surface area (Å²) in [6.07, 6.45) is 4.35. The van der Waals surface area contributed by atoms with Crippen molar-refractivity contribution < 1.29 is 23.5 Å². The van der Waals surface area contributed by atoms with Crippen LogP contribution < -0.4 is 0 Å². The predicted molar refractivity (Wildman–Crippen MR) is 97.2 cm³/mol. The minimum absolute atomic E-state index is 0.0380. The number of Topliss-reactive ketones (excluding diaryl/α,β-unsaturated/α-hetero) is 1. The Kier molecular flexibility index (Phi) is 4.49. The van der Waals surface area contributed by atoms with Gasteiger partial charge < -0.3 is 14.4 Å². The second-order valence-corrected chi connectivity index (χ2v) is 6.26. The molecule has 1 N–H and O–H groups in total. The maximum atomic E-state index is 14.6. The molecule has 0 bridgehead atoms. The number of hydrogen-bond donors (Lipinski definition) is 1. The first-order chi connectivity index (χ1) is 13.6. The molecule has 1 fully saturated rings. The summed E-state index contributed by atoms with van der Waals surface area (Å²) in [4.78, 5) is 30.6. The van der Waals surface area contributed by atoms with Gasteiger partial charge in [0, 0.05) is 23.5 Å². The Morgan fingerprint density at radius 3 is 2.54 bits per heavy atom. The summed E-state index contributed by atoms with van der Waals surface area (Å²) in [7, 11) is 0. The molecule has 3 aromatic rings. The number of ketones is 1. The van der Waals surface area contributed by atoms with E-state index >= 15 is 0 Å². The van der Waals surface area contributed by atoms with Gasteiger partial charge in [0.05, 0.1) is 24.4 Å². The lowest BCUT2D eigenvalue weighted by Gasteiger charge is -2.24. The van der Waals surface area contributed by atoms with Crippen molar-refractivity contribution in [2.75, 3.05) is 0 Å². The van der Waals surface area contributed by atoms with Crippen LogP contribution in [0.25, 0.3) is 5.76 Å². The Morgan fingerprint density at radius 2 is 1.86 bits per heavy atom. The number of furan rings is 1. The van der Waals surface area contributed by atoms with Crippen LogP contribution in [0.2, 0.25) is 0 Å². The largest absolute Gasteiger partial charge is 0.507 e. The molecule has 1 unspecified atom stereocenters. The van der Waals surface area contributed by atoms with E-state index in [4.69, 9.17) is 4.42 Å². The van der Waals surface area contributed by atoms with Crippen LogP contribution in [-0.4, -0.2) is 26.7 Å². The first-order valence-electron chi connectivity index (χ1n) is 8.53. The molecule has 1 aromatic carbocycles. The van der Waals surface area contributed by atoms with Crippen LogP contribution in [0, 0.1) is 5.82 Å². The second-order valence-electron chi connectivity index (χ2n) is 6.26. The minimum atomic E-state index is -1.08. The number of carbonyl (C=O) groups is 2. The maximum Gasteiger partial charge on any atom is 0.296 e. The molecule has 2 aromatic heterocycles. The Morgan fingerprint density at radius 1 is 1.11 bits per heavy atom. The third-order valence-electron chi connectivity index (χ3n) is 4.60. The van der Waals surface area contributed by atoms with E-state index in [-0.39, 0.29) is 23.4 Å². The topological polar surface area (TPSA) is 83.6 Å². The average Bonchev–Trinajstić information content (AvgIpc) is 3.31. The molecule has 6 nitrogen and oxygen atoms in total. The van der Waals surface area contributed by atoms with Crippen molar-refractivity contribution in [3.05, 3.63) is 95.5 Å². The second kappa shape index (κ2) is 7.11. The van der Waals surface area contributed by atoms with Crippen molar-refractivity contribution in [1.29, 1.82) is 0 Å². The lowest BCUT2D eigenvalue weighted by Crippen LogP contribution is -2.29. The van der Waals surface area contributed by atoms with Crippen molar-refractivity contribution in [3.8, 4) is 0 Å². The molecule has 7 heteroatoms. The molecule has 1 aliphatic heterocycles. The Labute approximate surface area is 159 Å². The molecule has 28 heavy (non-hydrogen) atoms. The smallest absolute Gasteiger partial charge is 0.296 e. The van der Waals surface area contributed by atoms with Crippen LogP contribution in [0.3, 0.4) is 0 Å². The van der Waals surface area contributed by atoms with Gasteiger partial charge in [0.15, 0.2) is 0 Å². The van der Waals surface area contributed by atoms with E-state index in [9.17, 15) is 19.1 Å². The van der Waals surface area contributed by atoms with Gasteiger partial charge in [-0.1, -0.05) is 18.2 Å². The van der Waals surface area contributed by atoms with E-state index in [1.165, 1.54) is 53.9 Å². The van der Waals surface area contributed by atoms with Gasteiger partial charge in [0.2, 0.25) is 0 Å². The van der Waals surface area contributed by atoms with Gasteiger partial charge in [-0.3, -0.25) is 14.6 Å². The molecular weight excluding hydrogens is 363 g/mol. The molecule has 1 amide bonds. The zero-order chi connectivity index (χ0) is 19.7. The standard InChI is InChI=1S/C21H15FN2O4/c22-16-6-2-1-5-15(16)18-17(19(25)13-7-9-23-10-8-13)20(26)21(27)24(18)12-14-4-3-11-28-14/h1-11,18,25H,12H2/b19-17+. The summed E-state index contributed by atoms with van der Waals surface area (Å²) < 4.78 is 19.9. The lowest BCUT2D eigenvalue weighted by molar-refractivity contribution is -0.140. The number of hydrogen-bond acceptors (Lipinski definition) is 5. The lowest BCUT2D eigenvalue weighted by atomic mass is 9.95. The summed E-state index contributed by atoms with van der Waals surface area (Å²) in [5, 5.41) is 10.8. The van der Waals surface area contributed by atoms with Crippen LogP contribution in [0.4, 0.5) is 4.39 Å². The van der Waals surface area contributed by atoms with Crippen LogP contribution in [0.5, 0.6) is 0 Å². The predicted octanol–water partition coefficient (Wildman–Crippen LogP) is 3.44. The van der Waals surface area contributed by atoms with E-state index in [2.05, 4.69) is 4.98 Å². The van der Waals surface area contributed by atoms with Gasteiger partial charge in [0.1, 0.15) is 17.3 Å². The van der Waals surface area contributed by atoms with Gasteiger partial charge in [-0.2, -0.15) is 0 Å². The molecule has 0 aliphatic carbocycles. The number of likely N-dealkylation sites (tertiary alicyclic amines) is 1. The molecule has 0 spiro atoms. The van der Waals surface area contributed by atoms with Gasteiger partial charge in [-0.25, -0.2) is 4.39 Å². The van der Waals surface area contributed by atoms with Crippen molar-refractivity contribution in [2.45, 2.75) is 12.6 Å². The summed E-state index contributed by atoms with van der Waals surface area (Å²) in [5.74, 6) is -2.24. The average molecular weight is 378 g/mol. The SMILES string of the molecule is O=C1C(=O)N(Cc2ccco2)C(c2ccccc2F)/C1=C(\O)c1ccncc1. The number of pyridine rings is 1. The van der Waals surface area contributed by atoms with E-state index in [0.29, 0.717) is 11.3 Å². The fourth-order valence-corrected chi connectivity index (χ4v) is 3.30. The number of carbonyl (C=O) groups excluding carboxylic acids is 2. The number of nitrogens with zero attached hydrogens (tertiary/aromatic N) is 2. The third-order valence-corrected chi connectivity index (χ3v) is 4.60. The van der Waals surface area contributed by atoms with Crippen molar-refractivity contribution >= 4 is 17.4 Å². The molecule has 1 aliphatic rings. The van der Waals surface area contributed by atoms with Gasteiger partial charge in [-0.05, 0) is 30.3 Å². The molecule has 4 rings (SSSR count). The number of rotatable bonds is 4. The Hall–Kier alpha value is -3.74. The summed E-state index contributed by atoms with van der Waals surface area (Å²) in [6, 6.07) is 11.1. The van der Waals surface area contributed by atoms with Gasteiger partial charge in [-0.15, -0.1) is 0 Å². The van der Waals surface area contributed by atoms with E-state index < -0.39 is 23.5 Å². The first kappa shape index (κ1) is 17.7. The highest BCUT2D eigenvalue weighted by Crippen LogP contribution is 2.41. The zero-order valence-corrected chi connectivity index (χ0v) is 14.6. The van der Waals surface area contributed by atoms with Crippen LogP contribution in [-0.2, 0) is 16.1 Å². The van der Waals surface area contributed by atoms with E-state index in [1.807, 2.05) is 0 Å². The minimum Gasteiger partial charge on any atom is -0.507 e. The zero-order valence-electron chi connectivity index (χ0n) is 14.6. The summed E-state index contributed by atoms with van der Waals surface area (Å²) >= 11 is 0. The molecule has 0 saturated carbocycles. The molecule has 3 heterocycles. The fourth-order valence-electron chi connectivity index (χ4n) is 3.30. The Balaban J connectivity index is 1.90. The van der Waals surface area contributed by atoms with Gasteiger partial charge >= 0.3 is 0 Å². The third kappa shape index (κ3) is 2.96. The summed E-state index contributed by atoms with van der Waals surface area (Å²) in [6.45, 7) is -0.0380. The van der Waals surface area contributed by atoms with Crippen LogP contribution in [0.1, 0.15) is 22.9 Å². The monoisotopic (exact) mass is 378 g/mol. The number of halogens is 1. The molecule has 140 valence electrons. The first-order valence-corrected chi connectivity index (χ1v) is 8.53. The normalized spacial score (nSPS) is 18.6. The Bertz CT molecular complexity index is 1060. The quantitative estimate of drug-likeness (QED) is 0.427. The molecule has 1 saturated heterocycles. The molecular formula is C21H15FN2O4. The summed E-state index contributed by atoms with van der Waals surface area (Å²) in [5.41, 5.74) is 0.254. The number of amides is 1. The maximum absolute atomic E-state index is 14.6. The van der Waals surface area contributed by atoms with Crippen LogP contribution >= 0.6 is 0 Å². The highest BCUT2D eigenvalue weighted by molar-refractivity contribution is 6.46. The number of aliphatic hydroxyl groups excluding tert-OH is 1. The van der Waals surface area contributed by atoms with Crippen molar-refractivity contribution in [2.24, 2.45) is 0 Å². The van der Waals surface area contributed by atoms with Crippen molar-refractivity contribution in [1.82, 2.24) is 9.88 Å². The number of aliphatic hydroxyl groups is 1. The van der Waals surface area contributed by atoms with Gasteiger partial charge in [0.25, 0.3) is 11.7 Å². The molecule has 0 radical (unpaired) electrons. The van der Waals surface area contributed by atoms with Crippen LogP contribution in [0.15, 0.2) is 77.2 Å². The highest BCUT2D eigenvalue weighted by Gasteiger charge is 2.47. The highest BCUT2D eigenvalue weighted by atomic mass is 19.1. The van der Waals surface area contributed by atoms with E-state index in [0.717, 1.165) is 0 Å². The fraction of sp³-hybridized carbons (Fsp3) is 0.0952.